The third-order valence-corrected chi connectivity index (χ3v) is 3.98. The second-order valence-electron chi connectivity index (χ2n) is 4.89. The zero-order valence-corrected chi connectivity index (χ0v) is 12.7. The van der Waals surface area contributed by atoms with Crippen LogP contribution in [0.2, 0.25) is 5.02 Å². The predicted molar refractivity (Wildman–Crippen MR) is 88.6 cm³/mol. The zero-order chi connectivity index (χ0) is 15.9. The van der Waals surface area contributed by atoms with Crippen molar-refractivity contribution >= 4 is 36.9 Å². The summed E-state index contributed by atoms with van der Waals surface area (Å²) in [6.45, 7) is 7.12. The van der Waals surface area contributed by atoms with Crippen molar-refractivity contribution in [3.8, 4) is 5.69 Å². The Bertz CT molecular complexity index is 813. The Morgan fingerprint density at radius 3 is 2.91 bits per heavy atom. The molecule has 0 spiro atoms. The van der Waals surface area contributed by atoms with Gasteiger partial charge >= 0.3 is 133 Å². The van der Waals surface area contributed by atoms with Gasteiger partial charge in [-0.1, -0.05) is 0 Å². The molecule has 7 heteroatoms. The molecule has 2 aromatic rings. The number of anilines is 1. The van der Waals surface area contributed by atoms with Crippen molar-refractivity contribution in [2.75, 3.05) is 5.01 Å². The minimum absolute atomic E-state index is 0.283. The molecule has 0 saturated heterocycles. The van der Waals surface area contributed by atoms with Crippen LogP contribution in [0.1, 0.15) is 22.9 Å². The van der Waals surface area contributed by atoms with Crippen molar-refractivity contribution in [2.24, 2.45) is 5.10 Å². The molecule has 0 radical (unpaired) electrons. The number of benzene rings is 1. The zero-order valence-electron chi connectivity index (χ0n) is 12.0. The Balaban J connectivity index is 2.35. The summed E-state index contributed by atoms with van der Waals surface area (Å²) in [5.41, 5.74) is 3.41. The SMILES string of the molecule is C=NN1/C(=C\C)Cc2c(C(=O)O)bcn2-c2ccc(Cl)cc21. The van der Waals surface area contributed by atoms with E-state index in [0.29, 0.717) is 17.1 Å². The van der Waals surface area contributed by atoms with Gasteiger partial charge in [0.05, 0.1) is 0 Å². The van der Waals surface area contributed by atoms with Gasteiger partial charge in [-0.25, -0.2) is 0 Å². The fraction of sp³-hybridized carbons (Fsp3) is 0.133. The van der Waals surface area contributed by atoms with Crippen molar-refractivity contribution < 1.29 is 9.90 Å². The van der Waals surface area contributed by atoms with Gasteiger partial charge in [0.1, 0.15) is 0 Å². The molecule has 0 amide bonds. The molecule has 1 aliphatic heterocycles. The van der Waals surface area contributed by atoms with E-state index in [2.05, 4.69) is 11.8 Å². The average Bonchev–Trinajstić information content (AvgIpc) is 2.85. The van der Waals surface area contributed by atoms with Gasteiger partial charge in [0.25, 0.3) is 0 Å². The molecule has 1 aliphatic rings. The van der Waals surface area contributed by atoms with Gasteiger partial charge in [0.2, 0.25) is 0 Å². The van der Waals surface area contributed by atoms with E-state index in [1.807, 2.05) is 23.6 Å². The maximum absolute atomic E-state index is 11.5. The van der Waals surface area contributed by atoms with Gasteiger partial charge in [-0.15, -0.1) is 0 Å². The van der Waals surface area contributed by atoms with E-state index in [1.54, 1.807) is 30.1 Å². The van der Waals surface area contributed by atoms with Crippen LogP contribution in [0.25, 0.3) is 5.69 Å². The first-order chi connectivity index (χ1) is 10.6. The number of allylic oxidation sites excluding steroid dienone is 2. The molecule has 0 aliphatic carbocycles. The molecule has 1 aromatic carbocycles. The first kappa shape index (κ1) is 14.6. The Labute approximate surface area is 133 Å². The van der Waals surface area contributed by atoms with Crippen molar-refractivity contribution in [3.63, 3.8) is 0 Å². The van der Waals surface area contributed by atoms with Crippen LogP contribution in [0, 0.1) is 0 Å². The van der Waals surface area contributed by atoms with Crippen LogP contribution in [0.3, 0.4) is 0 Å². The minimum atomic E-state index is -0.945. The monoisotopic (exact) mass is 313 g/mol. The molecule has 0 unspecified atom stereocenters. The van der Waals surface area contributed by atoms with Crippen LogP contribution in [0.4, 0.5) is 5.69 Å². The van der Waals surface area contributed by atoms with Gasteiger partial charge in [-0.3, -0.25) is 0 Å². The number of rotatable bonds is 2. The molecular formula is C15H13BClN3O2. The normalized spacial score (nSPS) is 15.0. The standard InChI is InChI=1S/C15H13BClN3O2/c1-3-10-7-13-14(15(21)22)16-8-19(13)11-5-4-9(17)6-12(11)20(10)18-2/h3-6,8H,2,7H2,1H3,(H,21,22)/b10-3-. The van der Waals surface area contributed by atoms with Gasteiger partial charge in [0, 0.05) is 0 Å². The van der Waals surface area contributed by atoms with Crippen LogP contribution < -0.4 is 5.01 Å². The Hall–Kier alpha value is -2.34. The summed E-state index contributed by atoms with van der Waals surface area (Å²) in [4.78, 5) is 11.5. The van der Waals surface area contributed by atoms with E-state index in [4.69, 9.17) is 11.6 Å². The van der Waals surface area contributed by atoms with Gasteiger partial charge in [0.15, 0.2) is 0 Å². The number of aromatic nitrogens is 1. The number of fused-ring (bicyclic) bond motifs is 3. The van der Waals surface area contributed by atoms with Crippen molar-refractivity contribution in [2.45, 2.75) is 13.3 Å². The molecule has 0 atom stereocenters. The summed E-state index contributed by atoms with van der Waals surface area (Å²) in [5, 5.41) is 15.7. The molecule has 110 valence electrons. The summed E-state index contributed by atoms with van der Waals surface area (Å²) >= 11 is 6.11. The predicted octanol–water partition coefficient (Wildman–Crippen LogP) is 3.05. The van der Waals surface area contributed by atoms with Crippen LogP contribution in [0.5, 0.6) is 0 Å². The average molecular weight is 314 g/mol. The molecule has 5 nitrogen and oxygen atoms in total. The molecule has 0 saturated carbocycles. The number of nitrogens with zero attached hydrogens (tertiary/aromatic N) is 3. The molecule has 1 aromatic heterocycles. The number of carboxylic acids is 1. The second kappa shape index (κ2) is 5.46. The van der Waals surface area contributed by atoms with E-state index < -0.39 is 5.97 Å². The molecular weight excluding hydrogens is 300 g/mol. The summed E-state index contributed by atoms with van der Waals surface area (Å²) < 4.78 is 1.86. The van der Waals surface area contributed by atoms with E-state index in [0.717, 1.165) is 17.1 Å². The van der Waals surface area contributed by atoms with E-state index in [9.17, 15) is 9.90 Å². The van der Waals surface area contributed by atoms with Crippen LogP contribution in [0.15, 0.2) is 41.2 Å². The third-order valence-electron chi connectivity index (χ3n) is 3.74. The molecule has 22 heavy (non-hydrogen) atoms. The number of carbonyl (C=O) groups is 1. The Kier molecular flexibility index (Phi) is 3.62. The summed E-state index contributed by atoms with van der Waals surface area (Å²) in [5.74, 6) is -0.945. The van der Waals surface area contributed by atoms with Crippen LogP contribution >= 0.6 is 11.6 Å². The number of hydrogen-bond acceptors (Lipinski definition) is 3. The molecule has 1 N–H and O–H groups in total. The first-order valence-electron chi connectivity index (χ1n) is 6.72. The van der Waals surface area contributed by atoms with Gasteiger partial charge in [-0.2, -0.15) is 0 Å². The van der Waals surface area contributed by atoms with E-state index >= 15 is 0 Å². The molecule has 0 bridgehead atoms. The van der Waals surface area contributed by atoms with Crippen molar-refractivity contribution in [3.05, 3.63) is 52.2 Å². The van der Waals surface area contributed by atoms with Crippen LogP contribution in [-0.4, -0.2) is 29.3 Å². The fourth-order valence-electron chi connectivity index (χ4n) is 2.73. The Morgan fingerprint density at radius 2 is 2.27 bits per heavy atom. The fourth-order valence-corrected chi connectivity index (χ4v) is 2.89. The topological polar surface area (TPSA) is 57.8 Å². The maximum atomic E-state index is 11.5. The number of halogens is 1. The summed E-state index contributed by atoms with van der Waals surface area (Å²) in [6, 6.07) is 5.42. The van der Waals surface area contributed by atoms with Crippen molar-refractivity contribution in [1.82, 2.24) is 4.57 Å². The second-order valence-corrected chi connectivity index (χ2v) is 5.33. The summed E-state index contributed by atoms with van der Waals surface area (Å²) in [7, 11) is 0. The summed E-state index contributed by atoms with van der Waals surface area (Å²) in [6.07, 6.45) is 4.09. The van der Waals surface area contributed by atoms with E-state index in [1.165, 1.54) is 0 Å². The van der Waals surface area contributed by atoms with Crippen LogP contribution in [-0.2, 0) is 6.42 Å². The molecule has 2 heterocycles. The first-order valence-corrected chi connectivity index (χ1v) is 7.10. The third kappa shape index (κ3) is 2.16. The molecule has 0 fully saturated rings. The number of aromatic carboxylic acids is 1. The van der Waals surface area contributed by atoms with Gasteiger partial charge < -0.3 is 0 Å². The molecule has 3 rings (SSSR count). The number of hydrogen-bond donors (Lipinski definition) is 1. The quantitative estimate of drug-likeness (QED) is 0.867. The van der Waals surface area contributed by atoms with E-state index in [-0.39, 0.29) is 5.46 Å². The number of carboxylic acid groups (broad SMARTS) is 1. The van der Waals surface area contributed by atoms with Crippen molar-refractivity contribution in [1.29, 1.82) is 0 Å². The Morgan fingerprint density at radius 1 is 1.50 bits per heavy atom. The van der Waals surface area contributed by atoms with Gasteiger partial charge in [-0.05, 0) is 0 Å². The number of hydrazone groups is 1.